The Morgan fingerprint density at radius 3 is 2.61 bits per heavy atom. The van der Waals surface area contributed by atoms with Crippen molar-refractivity contribution in [3.8, 4) is 0 Å². The summed E-state index contributed by atoms with van der Waals surface area (Å²) in [5.74, 6) is 0.909. The second-order valence-electron chi connectivity index (χ2n) is 5.70. The number of nitrogens with one attached hydrogen (secondary N) is 1. The quantitative estimate of drug-likeness (QED) is 0.882. The molecule has 1 aliphatic heterocycles. The minimum atomic E-state index is 0.242. The van der Waals surface area contributed by atoms with Crippen LogP contribution in [0.2, 0.25) is 0 Å². The second-order valence-corrected chi connectivity index (χ2v) is 5.70. The largest absolute Gasteiger partial charge is 0.368 e. The van der Waals surface area contributed by atoms with Crippen LogP contribution >= 0.6 is 0 Å². The lowest BCUT2D eigenvalue weighted by molar-refractivity contribution is -0.0489. The Balaban J connectivity index is 1.58. The predicted molar refractivity (Wildman–Crippen MR) is 73.5 cm³/mol. The Morgan fingerprint density at radius 1 is 1.06 bits per heavy atom. The molecule has 1 aromatic rings. The molecule has 0 aromatic heterocycles. The molecular weight excluding hydrogens is 222 g/mol. The fraction of sp³-hybridized carbons (Fsp3) is 0.625. The van der Waals surface area contributed by atoms with E-state index < -0.39 is 0 Å². The lowest BCUT2D eigenvalue weighted by Crippen LogP contribution is -2.41. The summed E-state index contributed by atoms with van der Waals surface area (Å²) in [5, 5.41) is 3.53. The number of ether oxygens (including phenoxy) is 1. The molecule has 0 radical (unpaired) electrons. The van der Waals surface area contributed by atoms with Gasteiger partial charge in [-0.2, -0.15) is 0 Å². The highest BCUT2D eigenvalue weighted by atomic mass is 16.5. The van der Waals surface area contributed by atoms with E-state index in [1.165, 1.54) is 37.7 Å². The average molecular weight is 245 g/mol. The van der Waals surface area contributed by atoms with Crippen LogP contribution in [0.15, 0.2) is 30.3 Å². The number of hydrogen-bond donors (Lipinski definition) is 1. The van der Waals surface area contributed by atoms with Crippen LogP contribution in [0.5, 0.6) is 0 Å². The fourth-order valence-electron chi connectivity index (χ4n) is 3.32. The molecule has 18 heavy (non-hydrogen) atoms. The van der Waals surface area contributed by atoms with Gasteiger partial charge in [0, 0.05) is 13.1 Å². The number of morpholine rings is 1. The first kappa shape index (κ1) is 12.2. The summed E-state index contributed by atoms with van der Waals surface area (Å²) >= 11 is 0. The van der Waals surface area contributed by atoms with Crippen LogP contribution in [0.1, 0.15) is 43.8 Å². The molecule has 1 aromatic carbocycles. The van der Waals surface area contributed by atoms with Crippen molar-refractivity contribution in [3.63, 3.8) is 0 Å². The van der Waals surface area contributed by atoms with E-state index in [-0.39, 0.29) is 6.10 Å². The van der Waals surface area contributed by atoms with Crippen LogP contribution in [-0.4, -0.2) is 19.2 Å². The van der Waals surface area contributed by atoms with E-state index in [4.69, 9.17) is 4.74 Å². The molecule has 2 unspecified atom stereocenters. The Morgan fingerprint density at radius 2 is 1.83 bits per heavy atom. The Labute approximate surface area is 110 Å². The smallest absolute Gasteiger partial charge is 0.0953 e. The van der Waals surface area contributed by atoms with E-state index in [0.717, 1.165) is 19.0 Å². The lowest BCUT2D eigenvalue weighted by atomic mass is 9.98. The van der Waals surface area contributed by atoms with Gasteiger partial charge in [-0.3, -0.25) is 0 Å². The summed E-state index contributed by atoms with van der Waals surface area (Å²) in [7, 11) is 0. The van der Waals surface area contributed by atoms with Crippen molar-refractivity contribution in [1.82, 2.24) is 5.32 Å². The van der Waals surface area contributed by atoms with Crippen molar-refractivity contribution in [2.24, 2.45) is 5.92 Å². The Bertz CT molecular complexity index is 359. The molecule has 1 N–H and O–H groups in total. The van der Waals surface area contributed by atoms with Crippen LogP contribution in [0.25, 0.3) is 0 Å². The van der Waals surface area contributed by atoms with Gasteiger partial charge in [0.1, 0.15) is 0 Å². The molecule has 2 heteroatoms. The van der Waals surface area contributed by atoms with E-state index in [2.05, 4.69) is 35.6 Å². The predicted octanol–water partition coefficient (Wildman–Crippen LogP) is 3.30. The molecular formula is C16H23NO. The molecule has 1 saturated heterocycles. The van der Waals surface area contributed by atoms with Crippen molar-refractivity contribution in [3.05, 3.63) is 35.9 Å². The Hall–Kier alpha value is -0.860. The highest BCUT2D eigenvalue weighted by molar-refractivity contribution is 5.18. The summed E-state index contributed by atoms with van der Waals surface area (Å²) in [5.41, 5.74) is 1.31. The average Bonchev–Trinajstić information content (AvgIpc) is 2.93. The third-order valence-corrected chi connectivity index (χ3v) is 4.30. The van der Waals surface area contributed by atoms with Gasteiger partial charge in [0.05, 0.1) is 12.2 Å². The van der Waals surface area contributed by atoms with E-state index in [0.29, 0.717) is 6.10 Å². The van der Waals surface area contributed by atoms with E-state index in [1.54, 1.807) is 0 Å². The first-order valence-electron chi connectivity index (χ1n) is 7.33. The molecule has 1 heterocycles. The summed E-state index contributed by atoms with van der Waals surface area (Å²) in [6.07, 6.45) is 7.57. The topological polar surface area (TPSA) is 21.3 Å². The summed E-state index contributed by atoms with van der Waals surface area (Å²) in [6.45, 7) is 1.98. The second kappa shape index (κ2) is 5.85. The first-order chi connectivity index (χ1) is 8.92. The van der Waals surface area contributed by atoms with Crippen LogP contribution in [-0.2, 0) is 4.74 Å². The maximum Gasteiger partial charge on any atom is 0.0953 e. The lowest BCUT2D eigenvalue weighted by Gasteiger charge is -2.32. The van der Waals surface area contributed by atoms with E-state index in [1.807, 2.05) is 0 Å². The maximum atomic E-state index is 6.27. The summed E-state index contributed by atoms with van der Waals surface area (Å²) in [6, 6.07) is 10.6. The maximum absolute atomic E-state index is 6.27. The fourth-order valence-corrected chi connectivity index (χ4v) is 3.32. The van der Waals surface area contributed by atoms with Crippen molar-refractivity contribution in [2.45, 2.75) is 44.3 Å². The minimum absolute atomic E-state index is 0.242. The van der Waals surface area contributed by atoms with Gasteiger partial charge in [-0.05, 0) is 17.9 Å². The van der Waals surface area contributed by atoms with Crippen molar-refractivity contribution < 1.29 is 4.74 Å². The van der Waals surface area contributed by atoms with Gasteiger partial charge in [0.2, 0.25) is 0 Å². The van der Waals surface area contributed by atoms with Crippen LogP contribution in [0.4, 0.5) is 0 Å². The molecule has 2 fully saturated rings. The number of hydrogen-bond acceptors (Lipinski definition) is 2. The van der Waals surface area contributed by atoms with Crippen molar-refractivity contribution in [1.29, 1.82) is 0 Å². The monoisotopic (exact) mass is 245 g/mol. The molecule has 1 saturated carbocycles. The van der Waals surface area contributed by atoms with Crippen LogP contribution < -0.4 is 5.32 Å². The van der Waals surface area contributed by atoms with Crippen LogP contribution in [0, 0.1) is 5.92 Å². The third-order valence-electron chi connectivity index (χ3n) is 4.30. The SMILES string of the molecule is c1ccc(C2CNCC(CC3CCCC3)O2)cc1. The molecule has 1 aliphatic carbocycles. The van der Waals surface area contributed by atoms with Gasteiger partial charge in [-0.25, -0.2) is 0 Å². The minimum Gasteiger partial charge on any atom is -0.368 e. The van der Waals surface area contributed by atoms with Crippen molar-refractivity contribution in [2.75, 3.05) is 13.1 Å². The molecule has 2 atom stereocenters. The molecule has 2 nitrogen and oxygen atoms in total. The molecule has 0 amide bonds. The molecule has 3 rings (SSSR count). The van der Waals surface area contributed by atoms with Gasteiger partial charge < -0.3 is 10.1 Å². The highest BCUT2D eigenvalue weighted by Gasteiger charge is 2.26. The van der Waals surface area contributed by atoms with Gasteiger partial charge in [-0.15, -0.1) is 0 Å². The zero-order valence-electron chi connectivity index (χ0n) is 11.0. The van der Waals surface area contributed by atoms with Gasteiger partial charge in [0.15, 0.2) is 0 Å². The molecule has 2 aliphatic rings. The van der Waals surface area contributed by atoms with Crippen LogP contribution in [0.3, 0.4) is 0 Å². The van der Waals surface area contributed by atoms with E-state index >= 15 is 0 Å². The van der Waals surface area contributed by atoms with Gasteiger partial charge in [-0.1, -0.05) is 56.0 Å². The molecule has 0 bridgehead atoms. The standard InChI is InChI=1S/C16H23NO/c1-2-8-14(9-3-1)16-12-17-11-15(18-16)10-13-6-4-5-7-13/h1-3,8-9,13,15-17H,4-7,10-12H2. The summed E-state index contributed by atoms with van der Waals surface area (Å²) in [4.78, 5) is 0. The van der Waals surface area contributed by atoms with Crippen molar-refractivity contribution >= 4 is 0 Å². The Kier molecular flexibility index (Phi) is 3.96. The zero-order chi connectivity index (χ0) is 12.2. The van der Waals surface area contributed by atoms with Gasteiger partial charge >= 0.3 is 0 Å². The number of benzene rings is 1. The third kappa shape index (κ3) is 2.93. The molecule has 0 spiro atoms. The number of rotatable bonds is 3. The first-order valence-corrected chi connectivity index (χ1v) is 7.33. The highest BCUT2D eigenvalue weighted by Crippen LogP contribution is 2.31. The normalized spacial score (nSPS) is 29.6. The van der Waals surface area contributed by atoms with Gasteiger partial charge in [0.25, 0.3) is 0 Å². The zero-order valence-corrected chi connectivity index (χ0v) is 11.0. The van der Waals surface area contributed by atoms with E-state index in [9.17, 15) is 0 Å². The summed E-state index contributed by atoms with van der Waals surface area (Å²) < 4.78 is 6.27. The molecule has 98 valence electrons.